The summed E-state index contributed by atoms with van der Waals surface area (Å²) in [6, 6.07) is 22.8. The third kappa shape index (κ3) is 2.72. The van der Waals surface area contributed by atoms with E-state index in [2.05, 4.69) is 27.0 Å². The van der Waals surface area contributed by atoms with Crippen LogP contribution in [0.15, 0.2) is 77.3 Å². The van der Waals surface area contributed by atoms with E-state index in [9.17, 15) is 10.1 Å². The lowest BCUT2D eigenvalue weighted by Crippen LogP contribution is -1.88. The maximum Gasteiger partial charge on any atom is 0.269 e. The van der Waals surface area contributed by atoms with E-state index in [0.29, 0.717) is 0 Å². The van der Waals surface area contributed by atoms with Gasteiger partial charge in [-0.1, -0.05) is 52.3 Å². The molecule has 4 rings (SSSR count). The zero-order chi connectivity index (χ0) is 17.4. The van der Waals surface area contributed by atoms with E-state index in [0.717, 1.165) is 37.8 Å². The average molecular weight is 393 g/mol. The van der Waals surface area contributed by atoms with Gasteiger partial charge in [0.15, 0.2) is 0 Å². The second-order valence-corrected chi connectivity index (χ2v) is 6.56. The number of nitro benzene ring substituents is 1. The van der Waals surface area contributed by atoms with Crippen molar-refractivity contribution in [1.29, 1.82) is 0 Å². The molecule has 0 aliphatic heterocycles. The van der Waals surface area contributed by atoms with Crippen LogP contribution >= 0.6 is 15.9 Å². The van der Waals surface area contributed by atoms with Crippen LogP contribution in [-0.2, 0) is 0 Å². The number of nitro groups is 1. The first kappa shape index (κ1) is 15.6. The van der Waals surface area contributed by atoms with Crippen molar-refractivity contribution in [2.75, 3.05) is 0 Å². The Morgan fingerprint density at radius 3 is 2.28 bits per heavy atom. The van der Waals surface area contributed by atoms with Crippen molar-refractivity contribution >= 4 is 32.5 Å². The highest BCUT2D eigenvalue weighted by atomic mass is 79.9. The van der Waals surface area contributed by atoms with E-state index in [4.69, 9.17) is 0 Å². The van der Waals surface area contributed by atoms with E-state index in [1.54, 1.807) is 24.3 Å². The number of nitrogens with zero attached hydrogens (tertiary/aromatic N) is 1. The van der Waals surface area contributed by atoms with Crippen molar-refractivity contribution in [1.82, 2.24) is 4.98 Å². The number of rotatable bonds is 3. The molecule has 3 aromatic carbocycles. The summed E-state index contributed by atoms with van der Waals surface area (Å²) >= 11 is 3.62. The molecule has 0 aliphatic rings. The van der Waals surface area contributed by atoms with Crippen molar-refractivity contribution in [2.45, 2.75) is 0 Å². The molecule has 1 N–H and O–H groups in total. The van der Waals surface area contributed by atoms with E-state index in [-0.39, 0.29) is 10.6 Å². The standard InChI is InChI=1S/C20H13BrN2O2/c21-17-7-3-1-5-15(17)20-19(16-6-2-4-8-18(16)22-20)13-9-11-14(12-10-13)23(24)25/h1-12,22H. The number of para-hydroxylation sites is 1. The van der Waals surface area contributed by atoms with Gasteiger partial charge in [-0.25, -0.2) is 0 Å². The lowest BCUT2D eigenvalue weighted by molar-refractivity contribution is -0.384. The minimum atomic E-state index is -0.381. The van der Waals surface area contributed by atoms with Gasteiger partial charge in [0.2, 0.25) is 0 Å². The predicted molar refractivity (Wildman–Crippen MR) is 104 cm³/mol. The Labute approximate surface area is 152 Å². The molecule has 0 spiro atoms. The molecular weight excluding hydrogens is 380 g/mol. The highest BCUT2D eigenvalue weighted by molar-refractivity contribution is 9.10. The van der Waals surface area contributed by atoms with Crippen molar-refractivity contribution < 1.29 is 4.92 Å². The SMILES string of the molecule is O=[N+]([O-])c1ccc(-c2c(-c3ccccc3Br)[nH]c3ccccc23)cc1. The third-order valence-electron chi connectivity index (χ3n) is 4.22. The maximum absolute atomic E-state index is 10.9. The number of aromatic nitrogens is 1. The zero-order valence-corrected chi connectivity index (χ0v) is 14.7. The number of aromatic amines is 1. The molecule has 0 aliphatic carbocycles. The van der Waals surface area contributed by atoms with Gasteiger partial charge in [-0.15, -0.1) is 0 Å². The number of non-ortho nitro benzene ring substituents is 1. The molecular formula is C20H13BrN2O2. The minimum absolute atomic E-state index is 0.0889. The Bertz CT molecular complexity index is 1080. The topological polar surface area (TPSA) is 58.9 Å². The Kier molecular flexibility index (Phi) is 3.86. The Balaban J connectivity index is 2.00. The van der Waals surface area contributed by atoms with E-state index >= 15 is 0 Å². The number of nitrogens with one attached hydrogen (secondary N) is 1. The zero-order valence-electron chi connectivity index (χ0n) is 13.1. The van der Waals surface area contributed by atoms with Crippen LogP contribution in [0.3, 0.4) is 0 Å². The monoisotopic (exact) mass is 392 g/mol. The summed E-state index contributed by atoms with van der Waals surface area (Å²) in [5.74, 6) is 0. The van der Waals surface area contributed by atoms with Gasteiger partial charge < -0.3 is 4.98 Å². The summed E-state index contributed by atoms with van der Waals surface area (Å²) < 4.78 is 0.990. The lowest BCUT2D eigenvalue weighted by atomic mass is 9.98. The van der Waals surface area contributed by atoms with Gasteiger partial charge in [-0.05, 0) is 29.8 Å². The first-order chi connectivity index (χ1) is 12.1. The second-order valence-electron chi connectivity index (χ2n) is 5.70. The lowest BCUT2D eigenvalue weighted by Gasteiger charge is -2.07. The van der Waals surface area contributed by atoms with Crippen molar-refractivity contribution in [3.63, 3.8) is 0 Å². The van der Waals surface area contributed by atoms with Crippen LogP contribution in [0, 0.1) is 10.1 Å². The Morgan fingerprint density at radius 1 is 0.880 bits per heavy atom. The van der Waals surface area contributed by atoms with Gasteiger partial charge in [0.05, 0.1) is 10.6 Å². The molecule has 1 heterocycles. The first-order valence-electron chi connectivity index (χ1n) is 7.75. The van der Waals surface area contributed by atoms with Gasteiger partial charge in [-0.3, -0.25) is 10.1 Å². The van der Waals surface area contributed by atoms with E-state index in [1.807, 2.05) is 42.5 Å². The van der Waals surface area contributed by atoms with Gasteiger partial charge in [-0.2, -0.15) is 0 Å². The molecule has 0 atom stereocenters. The van der Waals surface area contributed by atoms with Gasteiger partial charge in [0.1, 0.15) is 0 Å². The number of hydrogen-bond acceptors (Lipinski definition) is 2. The van der Waals surface area contributed by atoms with Gasteiger partial charge in [0, 0.05) is 38.6 Å². The molecule has 4 nitrogen and oxygen atoms in total. The largest absolute Gasteiger partial charge is 0.354 e. The van der Waals surface area contributed by atoms with Gasteiger partial charge in [0.25, 0.3) is 5.69 Å². The highest BCUT2D eigenvalue weighted by Crippen LogP contribution is 2.40. The van der Waals surface area contributed by atoms with Crippen molar-refractivity contribution in [2.24, 2.45) is 0 Å². The number of benzene rings is 3. The quantitative estimate of drug-likeness (QED) is 0.334. The summed E-state index contributed by atoms with van der Waals surface area (Å²) in [7, 11) is 0. The summed E-state index contributed by atoms with van der Waals surface area (Å²) in [6.45, 7) is 0. The number of fused-ring (bicyclic) bond motifs is 1. The van der Waals surface area contributed by atoms with Crippen molar-refractivity contribution in [3.8, 4) is 22.4 Å². The maximum atomic E-state index is 10.9. The molecule has 0 saturated carbocycles. The van der Waals surface area contributed by atoms with Crippen molar-refractivity contribution in [3.05, 3.63) is 87.4 Å². The molecule has 1 aromatic heterocycles. The first-order valence-corrected chi connectivity index (χ1v) is 8.55. The van der Waals surface area contributed by atoms with E-state index in [1.165, 1.54) is 0 Å². The Morgan fingerprint density at radius 2 is 1.56 bits per heavy atom. The molecule has 0 fully saturated rings. The van der Waals surface area contributed by atoms with Gasteiger partial charge >= 0.3 is 0 Å². The third-order valence-corrected chi connectivity index (χ3v) is 4.91. The fourth-order valence-corrected chi connectivity index (χ4v) is 3.54. The van der Waals surface area contributed by atoms with Crippen LogP contribution in [0.1, 0.15) is 0 Å². The molecule has 122 valence electrons. The summed E-state index contributed by atoms with van der Waals surface area (Å²) in [5, 5.41) is 12.0. The number of H-pyrrole nitrogens is 1. The smallest absolute Gasteiger partial charge is 0.269 e. The predicted octanol–water partition coefficient (Wildman–Crippen LogP) is 6.17. The number of hydrogen-bond donors (Lipinski definition) is 1. The minimum Gasteiger partial charge on any atom is -0.354 e. The second kappa shape index (κ2) is 6.18. The summed E-state index contributed by atoms with van der Waals surface area (Å²) in [6.07, 6.45) is 0. The average Bonchev–Trinajstić information content (AvgIpc) is 3.01. The fraction of sp³-hybridized carbons (Fsp3) is 0. The van der Waals surface area contributed by atoms with Crippen LogP contribution in [0.2, 0.25) is 0 Å². The fourth-order valence-electron chi connectivity index (χ4n) is 3.06. The molecule has 25 heavy (non-hydrogen) atoms. The van der Waals surface area contributed by atoms with E-state index < -0.39 is 0 Å². The molecule has 0 radical (unpaired) electrons. The van der Waals surface area contributed by atoms with Crippen LogP contribution in [0.4, 0.5) is 5.69 Å². The molecule has 0 amide bonds. The highest BCUT2D eigenvalue weighted by Gasteiger charge is 2.17. The molecule has 0 bridgehead atoms. The van der Waals surface area contributed by atoms with Crippen LogP contribution in [0.5, 0.6) is 0 Å². The molecule has 0 saturated heterocycles. The van der Waals surface area contributed by atoms with Crippen LogP contribution in [-0.4, -0.2) is 9.91 Å². The summed E-state index contributed by atoms with van der Waals surface area (Å²) in [4.78, 5) is 14.0. The number of halogens is 1. The molecule has 5 heteroatoms. The normalized spacial score (nSPS) is 10.9. The van der Waals surface area contributed by atoms with Crippen LogP contribution in [0.25, 0.3) is 33.3 Å². The summed E-state index contributed by atoms with van der Waals surface area (Å²) in [5.41, 5.74) is 5.13. The molecule has 0 unspecified atom stereocenters. The Hall–Kier alpha value is -2.92. The van der Waals surface area contributed by atoms with Crippen LogP contribution < -0.4 is 0 Å². The molecule has 4 aromatic rings.